The maximum Gasteiger partial charge on any atom is 0.310 e. The molecule has 0 bridgehead atoms. The van der Waals surface area contributed by atoms with Gasteiger partial charge in [0.05, 0.1) is 24.1 Å². The predicted molar refractivity (Wildman–Crippen MR) is 68.1 cm³/mol. The van der Waals surface area contributed by atoms with Gasteiger partial charge in [-0.15, -0.1) is 0 Å². The first-order chi connectivity index (χ1) is 9.43. The number of amides is 1. The first-order valence-electron chi connectivity index (χ1n) is 6.12. The van der Waals surface area contributed by atoms with Crippen LogP contribution < -0.4 is 0 Å². The summed E-state index contributed by atoms with van der Waals surface area (Å²) in [4.78, 5) is 35.4. The Bertz CT molecular complexity index is 565. The monoisotopic (exact) mass is 281 g/mol. The third-order valence-corrected chi connectivity index (χ3v) is 3.43. The smallest absolute Gasteiger partial charge is 0.310 e. The molecular formula is C12H15N3O5. The first kappa shape index (κ1) is 14.0. The molecule has 1 aromatic heterocycles. The number of aryl methyl sites for hydroxylation is 1. The number of carbonyl (C=O) groups is 2. The van der Waals surface area contributed by atoms with Crippen molar-refractivity contribution in [1.29, 1.82) is 0 Å². The summed E-state index contributed by atoms with van der Waals surface area (Å²) in [5.41, 5.74) is 0.113. The second-order valence-electron chi connectivity index (χ2n) is 4.71. The molecule has 1 aliphatic rings. The van der Waals surface area contributed by atoms with Gasteiger partial charge in [0.25, 0.3) is 11.6 Å². The molecule has 0 spiro atoms. The van der Waals surface area contributed by atoms with Crippen molar-refractivity contribution < 1.29 is 19.2 Å². The van der Waals surface area contributed by atoms with Crippen LogP contribution in [0.2, 0.25) is 0 Å². The number of esters is 1. The molecule has 0 aromatic carbocycles. The van der Waals surface area contributed by atoms with E-state index in [1.807, 2.05) is 0 Å². The second kappa shape index (κ2) is 5.32. The average Bonchev–Trinajstić information content (AvgIpc) is 3.03. The van der Waals surface area contributed by atoms with Crippen LogP contribution >= 0.6 is 0 Å². The number of rotatable bonds is 3. The molecule has 0 radical (unpaired) electrons. The van der Waals surface area contributed by atoms with Gasteiger partial charge in [0.15, 0.2) is 0 Å². The molecule has 1 aliphatic heterocycles. The van der Waals surface area contributed by atoms with E-state index >= 15 is 0 Å². The molecule has 1 unspecified atom stereocenters. The van der Waals surface area contributed by atoms with Gasteiger partial charge in [-0.2, -0.15) is 0 Å². The predicted octanol–water partition coefficient (Wildman–Crippen LogP) is 0.568. The van der Waals surface area contributed by atoms with Crippen molar-refractivity contribution in [3.63, 3.8) is 0 Å². The number of carbonyl (C=O) groups excluding carboxylic acids is 2. The van der Waals surface area contributed by atoms with Crippen LogP contribution in [0.5, 0.6) is 0 Å². The molecular weight excluding hydrogens is 266 g/mol. The molecule has 1 aromatic rings. The van der Waals surface area contributed by atoms with E-state index in [1.54, 1.807) is 7.05 Å². The maximum atomic E-state index is 12.3. The van der Waals surface area contributed by atoms with Gasteiger partial charge in [-0.1, -0.05) is 0 Å². The fraction of sp³-hybridized carbons (Fsp3) is 0.500. The Morgan fingerprint density at radius 1 is 1.50 bits per heavy atom. The Labute approximate surface area is 115 Å². The Morgan fingerprint density at radius 3 is 2.75 bits per heavy atom. The Hall–Kier alpha value is -2.38. The lowest BCUT2D eigenvalue weighted by atomic mass is 10.1. The largest absolute Gasteiger partial charge is 0.469 e. The summed E-state index contributed by atoms with van der Waals surface area (Å²) >= 11 is 0. The van der Waals surface area contributed by atoms with E-state index in [-0.39, 0.29) is 35.7 Å². The van der Waals surface area contributed by atoms with Gasteiger partial charge < -0.3 is 14.2 Å². The molecule has 1 fully saturated rings. The van der Waals surface area contributed by atoms with E-state index in [2.05, 4.69) is 4.74 Å². The van der Waals surface area contributed by atoms with Crippen molar-refractivity contribution in [2.24, 2.45) is 13.0 Å². The Morgan fingerprint density at radius 2 is 2.20 bits per heavy atom. The molecule has 1 amide bonds. The van der Waals surface area contributed by atoms with E-state index in [9.17, 15) is 19.7 Å². The van der Waals surface area contributed by atoms with Gasteiger partial charge in [0.2, 0.25) is 0 Å². The number of ether oxygens (including phenoxy) is 1. The third-order valence-electron chi connectivity index (χ3n) is 3.43. The Balaban J connectivity index is 2.13. The van der Waals surface area contributed by atoms with Crippen molar-refractivity contribution in [1.82, 2.24) is 9.47 Å². The van der Waals surface area contributed by atoms with Crippen LogP contribution in [0.1, 0.15) is 16.9 Å². The highest BCUT2D eigenvalue weighted by Gasteiger charge is 2.33. The fourth-order valence-corrected chi connectivity index (χ4v) is 2.33. The zero-order valence-corrected chi connectivity index (χ0v) is 11.2. The van der Waals surface area contributed by atoms with Crippen molar-refractivity contribution >= 4 is 17.6 Å². The second-order valence-corrected chi connectivity index (χ2v) is 4.71. The van der Waals surface area contributed by atoms with Gasteiger partial charge in [-0.25, -0.2) is 0 Å². The average molecular weight is 281 g/mol. The highest BCUT2D eigenvalue weighted by atomic mass is 16.6. The Kier molecular flexibility index (Phi) is 3.73. The van der Waals surface area contributed by atoms with Crippen LogP contribution in [0.3, 0.4) is 0 Å². The summed E-state index contributed by atoms with van der Waals surface area (Å²) < 4.78 is 6.08. The number of hydrogen-bond acceptors (Lipinski definition) is 5. The van der Waals surface area contributed by atoms with Crippen LogP contribution in [-0.2, 0) is 16.6 Å². The summed E-state index contributed by atoms with van der Waals surface area (Å²) in [7, 11) is 2.89. The molecule has 8 nitrogen and oxygen atoms in total. The van der Waals surface area contributed by atoms with Crippen molar-refractivity contribution in [2.45, 2.75) is 6.42 Å². The summed E-state index contributed by atoms with van der Waals surface area (Å²) in [6, 6.07) is 1.24. The summed E-state index contributed by atoms with van der Waals surface area (Å²) in [5, 5.41) is 10.7. The maximum absolute atomic E-state index is 12.3. The standard InChI is InChI=1S/C12H15N3O5/c1-13-7-9(15(18)19)5-10(13)11(16)14-4-3-8(6-14)12(17)20-2/h5,7-8H,3-4,6H2,1-2H3. The molecule has 2 rings (SSSR count). The summed E-state index contributed by atoms with van der Waals surface area (Å²) in [6.07, 6.45) is 1.84. The number of aromatic nitrogens is 1. The van der Waals surface area contributed by atoms with Crippen LogP contribution in [0.15, 0.2) is 12.3 Å². The fourth-order valence-electron chi connectivity index (χ4n) is 2.33. The number of methoxy groups -OCH3 is 1. The van der Waals surface area contributed by atoms with Gasteiger partial charge in [-0.3, -0.25) is 19.7 Å². The number of likely N-dealkylation sites (tertiary alicyclic amines) is 1. The van der Waals surface area contributed by atoms with Gasteiger partial charge in [0, 0.05) is 26.2 Å². The normalized spacial score (nSPS) is 18.1. The molecule has 0 aliphatic carbocycles. The lowest BCUT2D eigenvalue weighted by Crippen LogP contribution is -2.31. The highest BCUT2D eigenvalue weighted by molar-refractivity contribution is 5.94. The topological polar surface area (TPSA) is 94.7 Å². The van der Waals surface area contributed by atoms with Crippen LogP contribution in [-0.4, -0.2) is 46.5 Å². The molecule has 8 heteroatoms. The molecule has 2 heterocycles. The SMILES string of the molecule is COC(=O)C1CCN(C(=O)c2cc([N+](=O)[O-])cn2C)C1. The van der Waals surface area contributed by atoms with Crippen LogP contribution in [0.25, 0.3) is 0 Å². The van der Waals surface area contributed by atoms with E-state index in [0.717, 1.165) is 0 Å². The number of nitro groups is 1. The van der Waals surface area contributed by atoms with Gasteiger partial charge in [0.1, 0.15) is 5.69 Å². The molecule has 108 valence electrons. The molecule has 0 N–H and O–H groups in total. The van der Waals surface area contributed by atoms with E-state index < -0.39 is 4.92 Å². The third kappa shape index (κ3) is 2.49. The molecule has 20 heavy (non-hydrogen) atoms. The molecule has 1 atom stereocenters. The van der Waals surface area contributed by atoms with Crippen molar-refractivity contribution in [2.75, 3.05) is 20.2 Å². The number of hydrogen-bond donors (Lipinski definition) is 0. The lowest BCUT2D eigenvalue weighted by Gasteiger charge is -2.16. The minimum absolute atomic E-state index is 0.125. The lowest BCUT2D eigenvalue weighted by molar-refractivity contribution is -0.384. The van der Waals surface area contributed by atoms with Gasteiger partial charge in [-0.05, 0) is 6.42 Å². The number of nitrogens with zero attached hydrogens (tertiary/aromatic N) is 3. The first-order valence-corrected chi connectivity index (χ1v) is 6.12. The minimum atomic E-state index is -0.544. The van der Waals surface area contributed by atoms with E-state index in [4.69, 9.17) is 0 Å². The van der Waals surface area contributed by atoms with E-state index in [0.29, 0.717) is 13.0 Å². The summed E-state index contributed by atoms with van der Waals surface area (Å²) in [6.45, 7) is 0.724. The highest BCUT2D eigenvalue weighted by Crippen LogP contribution is 2.22. The van der Waals surface area contributed by atoms with Crippen molar-refractivity contribution in [3.05, 3.63) is 28.1 Å². The molecule has 1 saturated heterocycles. The quantitative estimate of drug-likeness (QED) is 0.458. The zero-order chi connectivity index (χ0) is 14.9. The minimum Gasteiger partial charge on any atom is -0.469 e. The molecule has 0 saturated carbocycles. The zero-order valence-electron chi connectivity index (χ0n) is 11.2. The van der Waals surface area contributed by atoms with E-state index in [1.165, 1.54) is 28.8 Å². The van der Waals surface area contributed by atoms with Crippen LogP contribution in [0, 0.1) is 16.0 Å². The van der Waals surface area contributed by atoms with Crippen molar-refractivity contribution in [3.8, 4) is 0 Å². The summed E-state index contributed by atoms with van der Waals surface area (Å²) in [5.74, 6) is -0.968. The van der Waals surface area contributed by atoms with Gasteiger partial charge >= 0.3 is 5.97 Å². The van der Waals surface area contributed by atoms with Crippen LogP contribution in [0.4, 0.5) is 5.69 Å².